The Morgan fingerprint density at radius 2 is 0.551 bits per heavy atom. The van der Waals surface area contributed by atoms with Gasteiger partial charge in [-0.25, -0.2) is 21.0 Å². The summed E-state index contributed by atoms with van der Waals surface area (Å²) in [5.41, 5.74) is 0. The zero-order valence-corrected chi connectivity index (χ0v) is 48.8. The topological polar surface area (TPSA) is 387 Å². The van der Waals surface area contributed by atoms with E-state index in [-0.39, 0.29) is 242 Å². The van der Waals surface area contributed by atoms with Crippen molar-refractivity contribution in [3.05, 3.63) is 0 Å². The zero-order chi connectivity index (χ0) is 36.6. The summed E-state index contributed by atoms with van der Waals surface area (Å²) in [5.74, 6) is 0.586. The van der Waals surface area contributed by atoms with Crippen LogP contribution in [0.5, 0.6) is 0 Å². The Kier molecular flexibility index (Phi) is 203. The molecule has 260 valence electrons. The standard InChI is InChI=1S/C5H8O2.C5H10O.C4H8O.C3H6O.7Na.5H2O3S/c1-4(6)3-5(2)7;1-3-4-5(2)6;1-3-4(2)5;1-3(2)4;;;;;;;;5*1-4(2)3/h3H2,1-2H3;3-4H2,1-2H3;3H2,1-2H3;1-2H3;;;;;;;;5*(H2,1,2,3)/q;;;;7*+1;;;;;/p-5. The van der Waals surface area contributed by atoms with E-state index in [1.165, 1.54) is 27.7 Å². The minimum atomic E-state index is -2.86. The van der Waals surface area contributed by atoms with Crippen LogP contribution >= 0.6 is 0 Å². The van der Waals surface area contributed by atoms with Gasteiger partial charge in [0.05, 0.1) is 63.2 Å². The maximum atomic E-state index is 10.0. The van der Waals surface area contributed by atoms with Crippen LogP contribution in [0.4, 0.5) is 0 Å². The second-order valence-corrected chi connectivity index (χ2v) is 8.25. The predicted octanol–water partition coefficient (Wildman–Crippen LogP) is -20.8. The Hall–Kier alpha value is 5.70. The molecule has 0 aromatic heterocycles. The molecular formula is C17H37Na7O20S5+2. The number of hydrogen-bond acceptors (Lipinski definition) is 15. The summed E-state index contributed by atoms with van der Waals surface area (Å²) < 4.78 is 120. The summed E-state index contributed by atoms with van der Waals surface area (Å²) in [6.07, 6.45) is 2.47. The van der Waals surface area contributed by atoms with E-state index in [1.54, 1.807) is 13.8 Å². The van der Waals surface area contributed by atoms with Gasteiger partial charge in [-0.05, 0) is 48.0 Å². The molecule has 0 amide bonds. The monoisotopic (exact) mass is 882 g/mol. The number of hydrogen-bond donors (Lipinski definition) is 5. The van der Waals surface area contributed by atoms with Crippen LogP contribution in [0.25, 0.3) is 0 Å². The van der Waals surface area contributed by atoms with Gasteiger partial charge < -0.3 is 59.9 Å². The average Bonchev–Trinajstić information content (AvgIpc) is 2.65. The van der Waals surface area contributed by atoms with E-state index in [9.17, 15) is 24.0 Å². The number of ketones is 5. The predicted molar refractivity (Wildman–Crippen MR) is 147 cm³/mol. The van der Waals surface area contributed by atoms with Gasteiger partial charge >= 0.3 is 207 Å². The SMILES string of the molecule is CC(=O)CC(C)=O.CC(C)=O.CCC(C)=O.CCCC(C)=O.O=S([O-])O.O=S([O-])O.O=S([O-])O.O=S([O-])O.O=S([O-])O.[Na+].[Na+].[Na+].[Na+].[Na+].[Na+].[Na+]. The maximum absolute atomic E-state index is 10.0. The Labute approximate surface area is 455 Å². The zero-order valence-electron chi connectivity index (χ0n) is 30.7. The summed E-state index contributed by atoms with van der Waals surface area (Å²) in [7, 11) is 0. The van der Waals surface area contributed by atoms with Crippen LogP contribution in [0.3, 0.4) is 0 Å². The van der Waals surface area contributed by atoms with Crippen LogP contribution in [0, 0.1) is 0 Å². The number of carbonyl (C=O) groups is 5. The molecule has 0 aliphatic heterocycles. The molecule has 0 aliphatic rings. The fourth-order valence-corrected chi connectivity index (χ4v) is 0.703. The first-order chi connectivity index (χ1) is 18.6. The Balaban J connectivity index is -0.0000000177. The molecular weight excluding hydrogens is 845 g/mol. The first-order valence-corrected chi connectivity index (χ1v) is 15.1. The van der Waals surface area contributed by atoms with E-state index < -0.39 is 56.8 Å². The van der Waals surface area contributed by atoms with Gasteiger partial charge in [0.2, 0.25) is 0 Å². The van der Waals surface area contributed by atoms with Crippen molar-refractivity contribution in [2.45, 2.75) is 81.1 Å². The molecule has 0 aromatic carbocycles. The van der Waals surface area contributed by atoms with Gasteiger partial charge in [0, 0.05) is 12.8 Å². The molecule has 0 rings (SSSR count). The van der Waals surface area contributed by atoms with E-state index in [0.29, 0.717) is 6.42 Å². The molecule has 0 spiro atoms. The largest absolute Gasteiger partial charge is 1.00 e. The van der Waals surface area contributed by atoms with E-state index in [0.717, 1.165) is 12.8 Å². The summed E-state index contributed by atoms with van der Waals surface area (Å²) >= 11 is -14.3. The summed E-state index contributed by atoms with van der Waals surface area (Å²) in [6, 6.07) is 0. The number of rotatable bonds is 5. The Morgan fingerprint density at radius 3 is 0.551 bits per heavy atom. The third kappa shape index (κ3) is 664. The van der Waals surface area contributed by atoms with Crippen LogP contribution in [-0.4, -0.2) is 95.5 Å². The van der Waals surface area contributed by atoms with Gasteiger partial charge in [0.25, 0.3) is 0 Å². The van der Waals surface area contributed by atoms with Crippen LogP contribution in [0.2, 0.25) is 0 Å². The van der Waals surface area contributed by atoms with Crippen LogP contribution in [-0.2, 0) is 80.8 Å². The van der Waals surface area contributed by atoms with Gasteiger partial charge in [-0.1, -0.05) is 13.8 Å². The van der Waals surface area contributed by atoms with E-state index in [2.05, 4.69) is 0 Å². The normalized spacial score (nSPS) is 9.84. The quantitative estimate of drug-likeness (QED) is 0.0972. The fourth-order valence-electron chi connectivity index (χ4n) is 0.703. The third-order valence-corrected chi connectivity index (χ3v) is 1.60. The van der Waals surface area contributed by atoms with Gasteiger partial charge in [0.1, 0.15) is 28.9 Å². The Bertz CT molecular complexity index is 687. The van der Waals surface area contributed by atoms with Crippen molar-refractivity contribution >= 4 is 85.7 Å². The second kappa shape index (κ2) is 94.6. The molecule has 0 aliphatic carbocycles. The van der Waals surface area contributed by atoms with Crippen molar-refractivity contribution in [3.8, 4) is 0 Å². The van der Waals surface area contributed by atoms with Gasteiger partial charge in [-0.15, -0.1) is 0 Å². The molecule has 32 heteroatoms. The number of Topliss-reactive ketones (excluding diaryl/α,β-unsaturated/α-hetero) is 5. The summed E-state index contributed by atoms with van der Waals surface area (Å²) in [5, 5.41) is 0. The van der Waals surface area contributed by atoms with Crippen molar-refractivity contribution in [1.29, 1.82) is 0 Å². The fraction of sp³-hybridized carbons (Fsp3) is 0.706. The Morgan fingerprint density at radius 1 is 0.429 bits per heavy atom. The average molecular weight is 883 g/mol. The molecule has 0 fully saturated rings. The summed E-state index contributed by atoms with van der Waals surface area (Å²) in [6.45, 7) is 12.9. The molecule has 0 saturated heterocycles. The van der Waals surface area contributed by atoms with Crippen molar-refractivity contribution in [2.24, 2.45) is 0 Å². The minimum Gasteiger partial charge on any atom is -0.750 e. The molecule has 5 atom stereocenters. The van der Waals surface area contributed by atoms with Gasteiger partial charge in [0.15, 0.2) is 0 Å². The van der Waals surface area contributed by atoms with E-state index >= 15 is 0 Å². The third-order valence-electron chi connectivity index (χ3n) is 1.60. The summed E-state index contributed by atoms with van der Waals surface area (Å²) in [4.78, 5) is 49.4. The smallest absolute Gasteiger partial charge is 0.750 e. The second-order valence-electron chi connectivity index (χ2n) is 6.08. The molecule has 5 unspecified atom stereocenters. The van der Waals surface area contributed by atoms with E-state index in [4.69, 9.17) is 66.6 Å². The van der Waals surface area contributed by atoms with Gasteiger partial charge in [-0.2, -0.15) is 0 Å². The van der Waals surface area contributed by atoms with Crippen molar-refractivity contribution in [2.75, 3.05) is 0 Å². The molecule has 20 nitrogen and oxygen atoms in total. The minimum absolute atomic E-state index is 0. The first kappa shape index (κ1) is 105. The molecule has 0 radical (unpaired) electrons. The van der Waals surface area contributed by atoms with Crippen LogP contribution < -0.4 is 207 Å². The molecule has 0 aromatic rings. The molecule has 0 bridgehead atoms. The molecule has 5 N–H and O–H groups in total. The molecule has 0 saturated carbocycles. The molecule has 0 heterocycles. The van der Waals surface area contributed by atoms with Crippen molar-refractivity contribution < 1.29 is 297 Å². The maximum Gasteiger partial charge on any atom is 1.00 e. The van der Waals surface area contributed by atoms with Crippen LogP contribution in [0.1, 0.15) is 81.1 Å². The van der Waals surface area contributed by atoms with Crippen molar-refractivity contribution in [3.63, 3.8) is 0 Å². The van der Waals surface area contributed by atoms with E-state index in [1.807, 2.05) is 13.8 Å². The number of carbonyl (C=O) groups excluding carboxylic acids is 5. The van der Waals surface area contributed by atoms with Crippen LogP contribution in [0.15, 0.2) is 0 Å². The van der Waals surface area contributed by atoms with Gasteiger partial charge in [-0.3, -0.25) is 9.59 Å². The van der Waals surface area contributed by atoms with Crippen molar-refractivity contribution in [1.82, 2.24) is 0 Å². The first-order valence-electron chi connectivity index (χ1n) is 9.93. The molecule has 49 heavy (non-hydrogen) atoms.